The Labute approximate surface area is 177 Å². The maximum atomic E-state index is 12.6. The number of hydrogen-bond acceptors (Lipinski definition) is 4. The van der Waals surface area contributed by atoms with Gasteiger partial charge in [0, 0.05) is 58.5 Å². The van der Waals surface area contributed by atoms with Gasteiger partial charge in [-0.1, -0.05) is 24.3 Å². The molecule has 1 fully saturated rings. The van der Waals surface area contributed by atoms with E-state index in [2.05, 4.69) is 32.4 Å². The molecule has 1 amide bonds. The first-order valence-corrected chi connectivity index (χ1v) is 10.5. The second-order valence-electron chi connectivity index (χ2n) is 7.85. The van der Waals surface area contributed by atoms with Crippen LogP contribution in [0.2, 0.25) is 0 Å². The summed E-state index contributed by atoms with van der Waals surface area (Å²) >= 11 is 0. The first kappa shape index (κ1) is 20.4. The van der Waals surface area contributed by atoms with Gasteiger partial charge in [0.1, 0.15) is 6.10 Å². The molecule has 1 aromatic carbocycles. The van der Waals surface area contributed by atoms with Gasteiger partial charge in [-0.3, -0.25) is 14.5 Å². The van der Waals surface area contributed by atoms with Crippen molar-refractivity contribution in [1.82, 2.24) is 24.9 Å². The topological polar surface area (TPSA) is 75.0 Å². The highest BCUT2D eigenvalue weighted by Gasteiger charge is 2.25. The van der Waals surface area contributed by atoms with E-state index in [1.54, 1.807) is 11.7 Å². The van der Waals surface area contributed by atoms with Gasteiger partial charge in [0.2, 0.25) is 5.91 Å². The summed E-state index contributed by atoms with van der Waals surface area (Å²) in [6, 6.07) is 8.28. The minimum absolute atomic E-state index is 0.00984. The first-order chi connectivity index (χ1) is 14.6. The molecule has 0 radical (unpaired) electrons. The number of carbonyl (C=O) groups excluding carboxylic acids is 1. The van der Waals surface area contributed by atoms with Gasteiger partial charge in [-0.05, 0) is 17.5 Å². The highest BCUT2D eigenvalue weighted by molar-refractivity contribution is 5.80. The zero-order valence-electron chi connectivity index (χ0n) is 17.8. The Balaban J connectivity index is 1.22. The molecule has 1 atom stereocenters. The Morgan fingerprint density at radius 2 is 2.03 bits per heavy atom. The minimum atomic E-state index is -0.00984. The van der Waals surface area contributed by atoms with Crippen molar-refractivity contribution in [3.63, 3.8) is 0 Å². The molecule has 2 aliphatic heterocycles. The summed E-state index contributed by atoms with van der Waals surface area (Å²) in [7, 11) is 3.70. The molecule has 0 saturated carbocycles. The SMILES string of the molecule is CN=C(NCCCC(=O)N1Cc2ccccc2C1)N1CCOC(c2cnn(C)c2)C1. The molecule has 1 N–H and O–H groups in total. The van der Waals surface area contributed by atoms with Gasteiger partial charge in [0.15, 0.2) is 5.96 Å². The van der Waals surface area contributed by atoms with E-state index in [0.29, 0.717) is 19.6 Å². The Hall–Kier alpha value is -2.87. The number of ether oxygens (including phenoxy) is 1. The highest BCUT2D eigenvalue weighted by Crippen LogP contribution is 2.23. The van der Waals surface area contributed by atoms with Crippen molar-refractivity contribution < 1.29 is 9.53 Å². The number of fused-ring (bicyclic) bond motifs is 1. The van der Waals surface area contributed by atoms with Gasteiger partial charge in [-0.15, -0.1) is 0 Å². The van der Waals surface area contributed by atoms with Gasteiger partial charge >= 0.3 is 0 Å². The number of aliphatic imine (C=N–C) groups is 1. The molecule has 1 aromatic heterocycles. The number of aryl methyl sites for hydroxylation is 1. The average Bonchev–Trinajstić information content (AvgIpc) is 3.40. The van der Waals surface area contributed by atoms with Gasteiger partial charge in [0.25, 0.3) is 0 Å². The lowest BCUT2D eigenvalue weighted by Gasteiger charge is -2.34. The Kier molecular flexibility index (Phi) is 6.32. The number of nitrogens with one attached hydrogen (secondary N) is 1. The third kappa shape index (κ3) is 4.64. The van der Waals surface area contributed by atoms with Crippen LogP contribution in [0.5, 0.6) is 0 Å². The quantitative estimate of drug-likeness (QED) is 0.461. The van der Waals surface area contributed by atoms with Crippen molar-refractivity contribution in [3.05, 3.63) is 53.3 Å². The lowest BCUT2D eigenvalue weighted by Crippen LogP contribution is -2.48. The maximum absolute atomic E-state index is 12.6. The van der Waals surface area contributed by atoms with Crippen LogP contribution in [-0.4, -0.2) is 64.7 Å². The number of hydrogen-bond donors (Lipinski definition) is 1. The summed E-state index contributed by atoms with van der Waals surface area (Å²) in [5.74, 6) is 1.07. The summed E-state index contributed by atoms with van der Waals surface area (Å²) in [5.41, 5.74) is 3.61. The van der Waals surface area contributed by atoms with Crippen LogP contribution in [-0.2, 0) is 29.7 Å². The fourth-order valence-corrected chi connectivity index (χ4v) is 4.09. The molecule has 8 nitrogen and oxygen atoms in total. The van der Waals surface area contributed by atoms with Crippen LogP contribution >= 0.6 is 0 Å². The number of carbonyl (C=O) groups is 1. The number of morpholine rings is 1. The molecular weight excluding hydrogens is 380 g/mol. The van der Waals surface area contributed by atoms with E-state index in [1.807, 2.05) is 36.5 Å². The molecule has 0 aliphatic carbocycles. The van der Waals surface area contributed by atoms with E-state index in [0.717, 1.165) is 44.1 Å². The van der Waals surface area contributed by atoms with Crippen LogP contribution in [0.1, 0.15) is 35.6 Å². The van der Waals surface area contributed by atoms with Gasteiger partial charge < -0.3 is 19.9 Å². The normalized spacial score (nSPS) is 19.1. The monoisotopic (exact) mass is 410 g/mol. The number of amides is 1. The van der Waals surface area contributed by atoms with Crippen LogP contribution in [0.25, 0.3) is 0 Å². The fourth-order valence-electron chi connectivity index (χ4n) is 4.09. The maximum Gasteiger partial charge on any atom is 0.223 e. The molecule has 30 heavy (non-hydrogen) atoms. The van der Waals surface area contributed by atoms with E-state index < -0.39 is 0 Å². The molecule has 2 aromatic rings. The molecular formula is C22H30N6O2. The summed E-state index contributed by atoms with van der Waals surface area (Å²) in [6.07, 6.45) is 5.16. The van der Waals surface area contributed by atoms with E-state index >= 15 is 0 Å². The lowest BCUT2D eigenvalue weighted by atomic mass is 10.1. The summed E-state index contributed by atoms with van der Waals surface area (Å²) in [5, 5.41) is 7.65. The van der Waals surface area contributed by atoms with Crippen molar-refractivity contribution >= 4 is 11.9 Å². The van der Waals surface area contributed by atoms with Gasteiger partial charge in [-0.25, -0.2) is 0 Å². The highest BCUT2D eigenvalue weighted by atomic mass is 16.5. The molecule has 2 aliphatic rings. The molecule has 1 unspecified atom stereocenters. The summed E-state index contributed by atoms with van der Waals surface area (Å²) < 4.78 is 7.71. The lowest BCUT2D eigenvalue weighted by molar-refractivity contribution is -0.131. The van der Waals surface area contributed by atoms with Gasteiger partial charge in [0.05, 0.1) is 19.3 Å². The molecule has 160 valence electrons. The summed E-state index contributed by atoms with van der Waals surface area (Å²) in [6.45, 7) is 4.35. The predicted octanol–water partition coefficient (Wildman–Crippen LogP) is 1.69. The third-order valence-electron chi connectivity index (χ3n) is 5.72. The van der Waals surface area contributed by atoms with Crippen LogP contribution in [0, 0.1) is 0 Å². The van der Waals surface area contributed by atoms with Crippen LogP contribution in [0.15, 0.2) is 41.7 Å². The minimum Gasteiger partial charge on any atom is -0.370 e. The van der Waals surface area contributed by atoms with Crippen molar-refractivity contribution in [1.29, 1.82) is 0 Å². The standard InChI is InChI=1S/C22H30N6O2/c1-23-22(27-10-11-30-20(16-27)19-12-25-26(2)13-19)24-9-5-8-21(29)28-14-17-6-3-4-7-18(17)15-28/h3-4,6-7,12-13,20H,5,8-11,14-16H2,1-2H3,(H,23,24). The molecule has 8 heteroatoms. The largest absolute Gasteiger partial charge is 0.370 e. The van der Waals surface area contributed by atoms with Crippen LogP contribution in [0.4, 0.5) is 0 Å². The van der Waals surface area contributed by atoms with Crippen LogP contribution < -0.4 is 5.32 Å². The molecule has 1 saturated heterocycles. The van der Waals surface area contributed by atoms with E-state index in [-0.39, 0.29) is 12.0 Å². The average molecular weight is 411 g/mol. The van der Waals surface area contributed by atoms with Gasteiger partial charge in [-0.2, -0.15) is 5.10 Å². The molecule has 3 heterocycles. The zero-order valence-corrected chi connectivity index (χ0v) is 17.8. The van der Waals surface area contributed by atoms with E-state index in [1.165, 1.54) is 11.1 Å². The number of guanidine groups is 1. The van der Waals surface area contributed by atoms with Crippen molar-refractivity contribution in [2.75, 3.05) is 33.3 Å². The van der Waals surface area contributed by atoms with E-state index in [9.17, 15) is 4.79 Å². The molecule has 4 rings (SSSR count). The second-order valence-corrected chi connectivity index (χ2v) is 7.85. The molecule has 0 spiro atoms. The second kappa shape index (κ2) is 9.30. The zero-order chi connectivity index (χ0) is 20.9. The van der Waals surface area contributed by atoms with E-state index in [4.69, 9.17) is 4.74 Å². The third-order valence-corrected chi connectivity index (χ3v) is 5.72. The number of benzene rings is 1. The van der Waals surface area contributed by atoms with Crippen molar-refractivity contribution in [2.24, 2.45) is 12.0 Å². The Morgan fingerprint density at radius 1 is 1.27 bits per heavy atom. The number of nitrogens with zero attached hydrogens (tertiary/aromatic N) is 5. The smallest absolute Gasteiger partial charge is 0.223 e. The Morgan fingerprint density at radius 3 is 2.70 bits per heavy atom. The van der Waals surface area contributed by atoms with Crippen molar-refractivity contribution in [2.45, 2.75) is 32.0 Å². The predicted molar refractivity (Wildman–Crippen MR) is 115 cm³/mol. The van der Waals surface area contributed by atoms with Crippen molar-refractivity contribution in [3.8, 4) is 0 Å². The Bertz CT molecular complexity index is 884. The fraction of sp³-hybridized carbons (Fsp3) is 0.500. The summed E-state index contributed by atoms with van der Waals surface area (Å²) in [4.78, 5) is 21.1. The first-order valence-electron chi connectivity index (χ1n) is 10.5. The molecule has 0 bridgehead atoms. The number of aromatic nitrogens is 2. The number of rotatable bonds is 5. The van der Waals surface area contributed by atoms with Crippen LogP contribution in [0.3, 0.4) is 0 Å².